The zero-order valence-corrected chi connectivity index (χ0v) is 10.1. The number of halogens is 1. The SMILES string of the molecule is CN(Cc1ccoc1)c1ncnc(Cl)c1CO. The molecule has 2 rings (SSSR count). The van der Waals surface area contributed by atoms with Crippen LogP contribution in [0.15, 0.2) is 29.3 Å². The van der Waals surface area contributed by atoms with Crippen molar-refractivity contribution < 1.29 is 9.52 Å². The number of furan rings is 1. The van der Waals surface area contributed by atoms with Gasteiger partial charge in [-0.2, -0.15) is 0 Å². The average molecular weight is 254 g/mol. The van der Waals surface area contributed by atoms with Crippen LogP contribution in [-0.2, 0) is 13.2 Å². The molecule has 2 heterocycles. The summed E-state index contributed by atoms with van der Waals surface area (Å²) < 4.78 is 5.00. The van der Waals surface area contributed by atoms with Gasteiger partial charge in [-0.25, -0.2) is 9.97 Å². The molecule has 2 aromatic rings. The van der Waals surface area contributed by atoms with E-state index in [1.807, 2.05) is 18.0 Å². The van der Waals surface area contributed by atoms with Crippen LogP contribution < -0.4 is 4.90 Å². The first kappa shape index (κ1) is 11.9. The second-order valence-corrected chi connectivity index (χ2v) is 3.97. The van der Waals surface area contributed by atoms with Gasteiger partial charge in [0.05, 0.1) is 24.7 Å². The fraction of sp³-hybridized carbons (Fsp3) is 0.273. The standard InChI is InChI=1S/C11H12ClN3O2/c1-15(4-8-2-3-17-6-8)11-9(5-16)10(12)13-7-14-11/h2-3,6-7,16H,4-5H2,1H3. The Bertz CT molecular complexity index is 487. The molecule has 0 saturated carbocycles. The molecule has 0 aliphatic carbocycles. The van der Waals surface area contributed by atoms with Crippen molar-refractivity contribution in [2.45, 2.75) is 13.2 Å². The normalized spacial score (nSPS) is 10.5. The van der Waals surface area contributed by atoms with E-state index in [2.05, 4.69) is 9.97 Å². The molecule has 0 fully saturated rings. The summed E-state index contributed by atoms with van der Waals surface area (Å²) >= 11 is 5.90. The van der Waals surface area contributed by atoms with Crippen molar-refractivity contribution in [2.75, 3.05) is 11.9 Å². The molecule has 90 valence electrons. The van der Waals surface area contributed by atoms with Gasteiger partial charge in [0.25, 0.3) is 0 Å². The van der Waals surface area contributed by atoms with Crippen LogP contribution in [0.5, 0.6) is 0 Å². The molecule has 6 heteroatoms. The van der Waals surface area contributed by atoms with Gasteiger partial charge in [0.1, 0.15) is 17.3 Å². The first-order valence-corrected chi connectivity index (χ1v) is 5.42. The molecule has 0 bridgehead atoms. The molecule has 0 amide bonds. The van der Waals surface area contributed by atoms with Crippen molar-refractivity contribution in [3.63, 3.8) is 0 Å². The Morgan fingerprint density at radius 1 is 1.47 bits per heavy atom. The van der Waals surface area contributed by atoms with Gasteiger partial charge in [-0.15, -0.1) is 0 Å². The molecular formula is C11H12ClN3O2. The molecular weight excluding hydrogens is 242 g/mol. The summed E-state index contributed by atoms with van der Waals surface area (Å²) in [6, 6.07) is 1.87. The zero-order chi connectivity index (χ0) is 12.3. The number of anilines is 1. The van der Waals surface area contributed by atoms with Crippen LogP contribution in [0.4, 0.5) is 5.82 Å². The minimum atomic E-state index is -0.190. The zero-order valence-electron chi connectivity index (χ0n) is 9.30. The van der Waals surface area contributed by atoms with Gasteiger partial charge < -0.3 is 14.4 Å². The molecule has 0 aliphatic heterocycles. The van der Waals surface area contributed by atoms with Crippen LogP contribution in [0.2, 0.25) is 5.15 Å². The van der Waals surface area contributed by atoms with Crippen LogP contribution in [0.1, 0.15) is 11.1 Å². The van der Waals surface area contributed by atoms with Gasteiger partial charge in [0, 0.05) is 19.2 Å². The lowest BCUT2D eigenvalue weighted by Gasteiger charge is -2.19. The number of rotatable bonds is 4. The smallest absolute Gasteiger partial charge is 0.140 e. The monoisotopic (exact) mass is 253 g/mol. The first-order valence-electron chi connectivity index (χ1n) is 5.05. The van der Waals surface area contributed by atoms with Gasteiger partial charge in [0.2, 0.25) is 0 Å². The van der Waals surface area contributed by atoms with Crippen molar-refractivity contribution in [3.05, 3.63) is 41.2 Å². The second kappa shape index (κ2) is 5.16. The van der Waals surface area contributed by atoms with Crippen molar-refractivity contribution in [3.8, 4) is 0 Å². The Morgan fingerprint density at radius 3 is 2.94 bits per heavy atom. The molecule has 0 aromatic carbocycles. The van der Waals surface area contributed by atoms with Crippen molar-refractivity contribution >= 4 is 17.4 Å². The molecule has 1 N–H and O–H groups in total. The number of aliphatic hydroxyl groups excluding tert-OH is 1. The van der Waals surface area contributed by atoms with Crippen LogP contribution in [0, 0.1) is 0 Å². The number of hydrogen-bond donors (Lipinski definition) is 1. The summed E-state index contributed by atoms with van der Waals surface area (Å²) in [5, 5.41) is 9.54. The van der Waals surface area contributed by atoms with Gasteiger partial charge >= 0.3 is 0 Å². The molecule has 2 aromatic heterocycles. The second-order valence-electron chi connectivity index (χ2n) is 3.61. The number of hydrogen-bond acceptors (Lipinski definition) is 5. The summed E-state index contributed by atoms with van der Waals surface area (Å²) in [7, 11) is 1.87. The first-order chi connectivity index (χ1) is 8.22. The van der Waals surface area contributed by atoms with Crippen LogP contribution in [-0.4, -0.2) is 22.1 Å². The molecule has 17 heavy (non-hydrogen) atoms. The Hall–Kier alpha value is -1.59. The summed E-state index contributed by atoms with van der Waals surface area (Å²) in [5.41, 5.74) is 1.55. The van der Waals surface area contributed by atoms with E-state index in [0.717, 1.165) is 5.56 Å². The summed E-state index contributed by atoms with van der Waals surface area (Å²) in [4.78, 5) is 9.85. The number of aromatic nitrogens is 2. The highest BCUT2D eigenvalue weighted by Gasteiger charge is 2.13. The Balaban J connectivity index is 2.24. The van der Waals surface area contributed by atoms with Crippen LogP contribution >= 0.6 is 11.6 Å². The lowest BCUT2D eigenvalue weighted by molar-refractivity contribution is 0.281. The molecule has 0 atom stereocenters. The third kappa shape index (κ3) is 2.57. The fourth-order valence-corrected chi connectivity index (χ4v) is 1.77. The van der Waals surface area contributed by atoms with Crippen molar-refractivity contribution in [2.24, 2.45) is 0 Å². The molecule has 0 aliphatic rings. The molecule has 5 nitrogen and oxygen atoms in total. The molecule has 0 spiro atoms. The number of nitrogens with zero attached hydrogens (tertiary/aromatic N) is 3. The summed E-state index contributed by atoms with van der Waals surface area (Å²) in [6.07, 6.45) is 4.66. The van der Waals surface area contributed by atoms with E-state index >= 15 is 0 Å². The minimum Gasteiger partial charge on any atom is -0.472 e. The van der Waals surface area contributed by atoms with E-state index < -0.39 is 0 Å². The largest absolute Gasteiger partial charge is 0.472 e. The maximum Gasteiger partial charge on any atom is 0.140 e. The van der Waals surface area contributed by atoms with E-state index in [9.17, 15) is 5.11 Å². The highest BCUT2D eigenvalue weighted by atomic mass is 35.5. The Labute approximate surface area is 104 Å². The summed E-state index contributed by atoms with van der Waals surface area (Å²) in [6.45, 7) is 0.432. The van der Waals surface area contributed by atoms with Gasteiger partial charge in [-0.3, -0.25) is 0 Å². The van der Waals surface area contributed by atoms with Crippen molar-refractivity contribution in [1.29, 1.82) is 0 Å². The van der Waals surface area contributed by atoms with E-state index in [-0.39, 0.29) is 11.8 Å². The lowest BCUT2D eigenvalue weighted by atomic mass is 10.2. The molecule has 0 unspecified atom stereocenters. The Kier molecular flexibility index (Phi) is 3.61. The Morgan fingerprint density at radius 2 is 2.29 bits per heavy atom. The highest BCUT2D eigenvalue weighted by molar-refractivity contribution is 6.30. The predicted octanol–water partition coefficient (Wildman–Crippen LogP) is 1.85. The van der Waals surface area contributed by atoms with Crippen molar-refractivity contribution in [1.82, 2.24) is 9.97 Å². The third-order valence-corrected chi connectivity index (χ3v) is 2.72. The maximum absolute atomic E-state index is 9.26. The van der Waals surface area contributed by atoms with Gasteiger partial charge in [-0.05, 0) is 6.07 Å². The quantitative estimate of drug-likeness (QED) is 0.843. The third-order valence-electron chi connectivity index (χ3n) is 2.39. The highest BCUT2D eigenvalue weighted by Crippen LogP contribution is 2.23. The van der Waals surface area contributed by atoms with E-state index in [4.69, 9.17) is 16.0 Å². The predicted molar refractivity (Wildman–Crippen MR) is 63.8 cm³/mol. The van der Waals surface area contributed by atoms with E-state index in [1.54, 1.807) is 12.5 Å². The van der Waals surface area contributed by atoms with Gasteiger partial charge in [0.15, 0.2) is 0 Å². The molecule has 0 radical (unpaired) electrons. The van der Waals surface area contributed by atoms with E-state index in [0.29, 0.717) is 17.9 Å². The molecule has 0 saturated heterocycles. The minimum absolute atomic E-state index is 0.190. The topological polar surface area (TPSA) is 62.4 Å². The van der Waals surface area contributed by atoms with Crippen LogP contribution in [0.25, 0.3) is 0 Å². The average Bonchev–Trinajstić information content (AvgIpc) is 2.81. The fourth-order valence-electron chi connectivity index (χ4n) is 1.58. The number of aliphatic hydroxyl groups is 1. The van der Waals surface area contributed by atoms with Crippen LogP contribution in [0.3, 0.4) is 0 Å². The summed E-state index contributed by atoms with van der Waals surface area (Å²) in [5.74, 6) is 0.619. The lowest BCUT2D eigenvalue weighted by Crippen LogP contribution is -2.19. The van der Waals surface area contributed by atoms with E-state index in [1.165, 1.54) is 6.33 Å². The maximum atomic E-state index is 9.26. The van der Waals surface area contributed by atoms with Gasteiger partial charge in [-0.1, -0.05) is 11.6 Å².